The van der Waals surface area contributed by atoms with Crippen LogP contribution in [0.25, 0.3) is 0 Å². The summed E-state index contributed by atoms with van der Waals surface area (Å²) in [5, 5.41) is 14.6. The van der Waals surface area contributed by atoms with Crippen LogP contribution in [0, 0.1) is 13.8 Å². The van der Waals surface area contributed by atoms with Gasteiger partial charge in [0.1, 0.15) is 0 Å². The van der Waals surface area contributed by atoms with Crippen LogP contribution in [0.1, 0.15) is 34.2 Å². The number of rotatable bonds is 4. The van der Waals surface area contributed by atoms with Gasteiger partial charge in [0, 0.05) is 28.4 Å². The van der Waals surface area contributed by atoms with Crippen LogP contribution in [0.5, 0.6) is 0 Å². The van der Waals surface area contributed by atoms with Crippen LogP contribution in [0.2, 0.25) is 0 Å². The van der Waals surface area contributed by atoms with E-state index in [4.69, 9.17) is 0 Å². The van der Waals surface area contributed by atoms with Gasteiger partial charge < -0.3 is 5.11 Å². The van der Waals surface area contributed by atoms with E-state index in [-0.39, 0.29) is 0 Å². The second-order valence-electron chi connectivity index (χ2n) is 4.26. The first kappa shape index (κ1) is 12.3. The zero-order valence-corrected chi connectivity index (χ0v) is 11.3. The normalized spacial score (nSPS) is 12.9. The van der Waals surface area contributed by atoms with Crippen LogP contribution in [0.4, 0.5) is 0 Å². The standard InChI is InChI=1S/C13H18N2OS/c1-4-15-11(7-9(2)14-15)8-12(16)13-6-5-10(3)17-13/h5-7,12,16H,4,8H2,1-3H3. The molecular formula is C13H18N2OS. The van der Waals surface area contributed by atoms with Crippen molar-refractivity contribution in [3.8, 4) is 0 Å². The van der Waals surface area contributed by atoms with Gasteiger partial charge >= 0.3 is 0 Å². The van der Waals surface area contributed by atoms with Gasteiger partial charge in [0.05, 0.1) is 11.8 Å². The Bertz CT molecular complexity index is 501. The van der Waals surface area contributed by atoms with E-state index in [0.717, 1.165) is 22.8 Å². The predicted molar refractivity (Wildman–Crippen MR) is 70.4 cm³/mol. The van der Waals surface area contributed by atoms with Crippen molar-refractivity contribution in [2.24, 2.45) is 0 Å². The lowest BCUT2D eigenvalue weighted by atomic mass is 10.1. The third-order valence-corrected chi connectivity index (χ3v) is 3.88. The van der Waals surface area contributed by atoms with Crippen molar-refractivity contribution in [2.45, 2.75) is 39.8 Å². The predicted octanol–water partition coefficient (Wildman–Crippen LogP) is 2.86. The number of thiophene rings is 1. The Labute approximate surface area is 106 Å². The second kappa shape index (κ2) is 5.02. The number of hydrogen-bond acceptors (Lipinski definition) is 3. The van der Waals surface area contributed by atoms with E-state index in [9.17, 15) is 5.11 Å². The van der Waals surface area contributed by atoms with Crippen LogP contribution < -0.4 is 0 Å². The lowest BCUT2D eigenvalue weighted by Crippen LogP contribution is -2.07. The van der Waals surface area contributed by atoms with Crippen LogP contribution in [0.3, 0.4) is 0 Å². The summed E-state index contributed by atoms with van der Waals surface area (Å²) in [6.45, 7) is 6.95. The first-order chi connectivity index (χ1) is 8.10. The second-order valence-corrected chi connectivity index (χ2v) is 5.58. The van der Waals surface area contributed by atoms with E-state index in [1.165, 1.54) is 4.88 Å². The van der Waals surface area contributed by atoms with Crippen molar-refractivity contribution in [3.05, 3.63) is 39.3 Å². The van der Waals surface area contributed by atoms with E-state index >= 15 is 0 Å². The van der Waals surface area contributed by atoms with Crippen molar-refractivity contribution in [2.75, 3.05) is 0 Å². The SMILES string of the molecule is CCn1nc(C)cc1CC(O)c1ccc(C)s1. The number of aliphatic hydroxyl groups is 1. The quantitative estimate of drug-likeness (QED) is 0.906. The molecule has 17 heavy (non-hydrogen) atoms. The van der Waals surface area contributed by atoms with Gasteiger partial charge in [0.2, 0.25) is 0 Å². The van der Waals surface area contributed by atoms with Gasteiger partial charge in [-0.3, -0.25) is 4.68 Å². The smallest absolute Gasteiger partial charge is 0.0937 e. The number of nitrogens with zero attached hydrogens (tertiary/aromatic N) is 2. The third kappa shape index (κ3) is 2.76. The Morgan fingerprint density at radius 3 is 2.76 bits per heavy atom. The molecule has 0 aliphatic rings. The van der Waals surface area contributed by atoms with E-state index in [2.05, 4.69) is 18.9 Å². The highest BCUT2D eigenvalue weighted by molar-refractivity contribution is 7.12. The Kier molecular flexibility index (Phi) is 3.64. The average Bonchev–Trinajstić information content (AvgIpc) is 2.85. The number of aliphatic hydroxyl groups excluding tert-OH is 1. The molecule has 2 aromatic heterocycles. The van der Waals surface area contributed by atoms with Gasteiger partial charge in [0.25, 0.3) is 0 Å². The molecule has 0 spiro atoms. The fourth-order valence-corrected chi connectivity index (χ4v) is 2.83. The van der Waals surface area contributed by atoms with Gasteiger partial charge in [-0.25, -0.2) is 0 Å². The molecule has 0 amide bonds. The van der Waals surface area contributed by atoms with Crippen LogP contribution >= 0.6 is 11.3 Å². The molecule has 92 valence electrons. The van der Waals surface area contributed by atoms with E-state index < -0.39 is 6.10 Å². The van der Waals surface area contributed by atoms with Gasteiger partial charge in [0.15, 0.2) is 0 Å². The summed E-state index contributed by atoms with van der Waals surface area (Å²) >= 11 is 1.66. The maximum atomic E-state index is 10.2. The minimum atomic E-state index is -0.421. The van der Waals surface area contributed by atoms with E-state index in [1.54, 1.807) is 11.3 Å². The lowest BCUT2D eigenvalue weighted by Gasteiger charge is -2.09. The monoisotopic (exact) mass is 250 g/mol. The number of aryl methyl sites for hydroxylation is 3. The molecule has 2 aromatic rings. The fraction of sp³-hybridized carbons (Fsp3) is 0.462. The molecule has 0 aromatic carbocycles. The minimum absolute atomic E-state index is 0.421. The third-order valence-electron chi connectivity index (χ3n) is 2.78. The van der Waals surface area contributed by atoms with Crippen LogP contribution in [0.15, 0.2) is 18.2 Å². The summed E-state index contributed by atoms with van der Waals surface area (Å²) in [4.78, 5) is 2.27. The molecule has 0 aliphatic heterocycles. The molecule has 0 radical (unpaired) electrons. The summed E-state index contributed by atoms with van der Waals surface area (Å²) < 4.78 is 1.96. The molecule has 1 unspecified atom stereocenters. The lowest BCUT2D eigenvalue weighted by molar-refractivity contribution is 0.179. The summed E-state index contributed by atoms with van der Waals surface area (Å²) in [5.74, 6) is 0. The van der Waals surface area contributed by atoms with Crippen molar-refractivity contribution < 1.29 is 5.11 Å². The molecule has 2 heterocycles. The first-order valence-electron chi connectivity index (χ1n) is 5.88. The molecule has 4 heteroatoms. The molecular weight excluding hydrogens is 232 g/mol. The maximum absolute atomic E-state index is 10.2. The summed E-state index contributed by atoms with van der Waals surface area (Å²) in [6.07, 6.45) is 0.212. The molecule has 0 bridgehead atoms. The van der Waals surface area contributed by atoms with Crippen molar-refractivity contribution in [1.29, 1.82) is 0 Å². The fourth-order valence-electron chi connectivity index (χ4n) is 1.97. The Morgan fingerprint density at radius 2 is 2.18 bits per heavy atom. The van der Waals surface area contributed by atoms with Gasteiger partial charge in [-0.15, -0.1) is 11.3 Å². The maximum Gasteiger partial charge on any atom is 0.0937 e. The highest BCUT2D eigenvalue weighted by Crippen LogP contribution is 2.25. The molecule has 0 aliphatic carbocycles. The van der Waals surface area contributed by atoms with Crippen molar-refractivity contribution in [3.63, 3.8) is 0 Å². The molecule has 3 nitrogen and oxygen atoms in total. The number of hydrogen-bond donors (Lipinski definition) is 1. The summed E-state index contributed by atoms with van der Waals surface area (Å²) in [6, 6.07) is 6.10. The molecule has 1 atom stereocenters. The van der Waals surface area contributed by atoms with Gasteiger partial charge in [-0.2, -0.15) is 5.10 Å². The Hall–Kier alpha value is -1.13. The Balaban J connectivity index is 2.14. The minimum Gasteiger partial charge on any atom is -0.387 e. The van der Waals surface area contributed by atoms with E-state index in [1.807, 2.05) is 29.8 Å². The molecule has 0 saturated heterocycles. The highest BCUT2D eigenvalue weighted by atomic mass is 32.1. The van der Waals surface area contributed by atoms with Crippen molar-refractivity contribution >= 4 is 11.3 Å². The number of aromatic nitrogens is 2. The van der Waals surface area contributed by atoms with E-state index in [0.29, 0.717) is 6.42 Å². The van der Waals surface area contributed by atoms with Crippen LogP contribution in [-0.2, 0) is 13.0 Å². The van der Waals surface area contributed by atoms with Gasteiger partial charge in [-0.05, 0) is 39.0 Å². The summed E-state index contributed by atoms with van der Waals surface area (Å²) in [7, 11) is 0. The first-order valence-corrected chi connectivity index (χ1v) is 6.69. The van der Waals surface area contributed by atoms with Crippen molar-refractivity contribution in [1.82, 2.24) is 9.78 Å². The van der Waals surface area contributed by atoms with Gasteiger partial charge in [-0.1, -0.05) is 0 Å². The molecule has 1 N–H and O–H groups in total. The topological polar surface area (TPSA) is 38.0 Å². The molecule has 0 saturated carbocycles. The largest absolute Gasteiger partial charge is 0.387 e. The zero-order chi connectivity index (χ0) is 12.4. The highest BCUT2D eigenvalue weighted by Gasteiger charge is 2.14. The Morgan fingerprint density at radius 1 is 1.41 bits per heavy atom. The molecule has 0 fully saturated rings. The summed E-state index contributed by atoms with van der Waals surface area (Å²) in [5.41, 5.74) is 2.11. The average molecular weight is 250 g/mol. The van der Waals surface area contributed by atoms with Crippen LogP contribution in [-0.4, -0.2) is 14.9 Å². The zero-order valence-electron chi connectivity index (χ0n) is 10.5. The molecule has 2 rings (SSSR count).